The number of methoxy groups -OCH3 is 1. The lowest BCUT2D eigenvalue weighted by Crippen LogP contribution is -2.25. The molecule has 0 aliphatic carbocycles. The number of hydrogen-bond acceptors (Lipinski definition) is 4. The van der Waals surface area contributed by atoms with Crippen molar-refractivity contribution in [3.63, 3.8) is 0 Å². The average molecular weight is 233 g/mol. The van der Waals surface area contributed by atoms with Crippen LogP contribution < -0.4 is 0 Å². The quantitative estimate of drug-likeness (QED) is 0.769. The van der Waals surface area contributed by atoms with Gasteiger partial charge in [-0.25, -0.2) is 4.79 Å². The zero-order chi connectivity index (χ0) is 11.6. The van der Waals surface area contributed by atoms with Crippen molar-refractivity contribution in [2.75, 3.05) is 7.11 Å². The number of esters is 1. The second-order valence-electron chi connectivity index (χ2n) is 3.21. The Kier molecular flexibility index (Phi) is 3.71. The molecule has 0 bridgehead atoms. The van der Waals surface area contributed by atoms with Gasteiger partial charge in [0.15, 0.2) is 6.10 Å². The maximum absolute atomic E-state index is 11.0. The highest BCUT2D eigenvalue weighted by atomic mass is 35.5. The molecule has 0 amide bonds. The van der Waals surface area contributed by atoms with Crippen LogP contribution in [0.4, 0.5) is 0 Å². The third kappa shape index (κ3) is 2.49. The maximum atomic E-state index is 11.0. The molecule has 0 aromatic carbocycles. The number of carbonyl (C=O) groups excluding carboxylic acids is 1. The average Bonchev–Trinajstić information content (AvgIpc) is 2.43. The van der Waals surface area contributed by atoms with Crippen LogP contribution in [0.3, 0.4) is 0 Å². The molecule has 0 fully saturated rings. The fraction of sp³-hybridized carbons (Fsp3) is 0.556. The van der Waals surface area contributed by atoms with E-state index >= 15 is 0 Å². The highest BCUT2D eigenvalue weighted by molar-refractivity contribution is 6.31. The van der Waals surface area contributed by atoms with Crippen LogP contribution in [0.25, 0.3) is 0 Å². The Morgan fingerprint density at radius 1 is 1.73 bits per heavy atom. The molecule has 0 radical (unpaired) electrons. The SMILES string of the molecule is COC(=O)C(O)Cc1c(Cl)c(C)nn1C. The summed E-state index contributed by atoms with van der Waals surface area (Å²) in [6, 6.07) is 0. The third-order valence-electron chi connectivity index (χ3n) is 2.12. The van der Waals surface area contributed by atoms with E-state index in [1.54, 1.807) is 18.7 Å². The second kappa shape index (κ2) is 4.63. The Morgan fingerprint density at radius 3 is 2.73 bits per heavy atom. The number of rotatable bonds is 3. The van der Waals surface area contributed by atoms with Crippen LogP contribution >= 0.6 is 11.6 Å². The topological polar surface area (TPSA) is 64.3 Å². The third-order valence-corrected chi connectivity index (χ3v) is 2.61. The first kappa shape index (κ1) is 12.0. The summed E-state index contributed by atoms with van der Waals surface area (Å²) in [6.07, 6.45) is -1.11. The minimum atomic E-state index is -1.21. The van der Waals surface area contributed by atoms with Gasteiger partial charge in [-0.1, -0.05) is 11.6 Å². The number of carbonyl (C=O) groups is 1. The zero-order valence-electron chi connectivity index (χ0n) is 8.82. The Balaban J connectivity index is 2.85. The molecule has 6 heteroatoms. The number of aliphatic hydroxyl groups excluding tert-OH is 1. The van der Waals surface area contributed by atoms with E-state index in [4.69, 9.17) is 11.6 Å². The van der Waals surface area contributed by atoms with Crippen LogP contribution in [-0.4, -0.2) is 34.1 Å². The molecule has 5 nitrogen and oxygen atoms in total. The van der Waals surface area contributed by atoms with Crippen LogP contribution in [0.15, 0.2) is 0 Å². The molecule has 0 aliphatic rings. The summed E-state index contributed by atoms with van der Waals surface area (Å²) >= 11 is 5.96. The molecule has 0 aliphatic heterocycles. The number of hydrogen-bond donors (Lipinski definition) is 1. The van der Waals surface area contributed by atoms with Crippen LogP contribution in [0.1, 0.15) is 11.4 Å². The van der Waals surface area contributed by atoms with Crippen molar-refractivity contribution in [3.8, 4) is 0 Å². The summed E-state index contributed by atoms with van der Waals surface area (Å²) in [5.41, 5.74) is 1.29. The van der Waals surface area contributed by atoms with Gasteiger partial charge in [0.05, 0.1) is 23.5 Å². The lowest BCUT2D eigenvalue weighted by Gasteiger charge is -2.08. The van der Waals surface area contributed by atoms with Crippen LogP contribution in [0.2, 0.25) is 5.02 Å². The highest BCUT2D eigenvalue weighted by Crippen LogP contribution is 2.20. The van der Waals surface area contributed by atoms with Crippen molar-refractivity contribution in [3.05, 3.63) is 16.4 Å². The molecular weight excluding hydrogens is 220 g/mol. The minimum absolute atomic E-state index is 0.100. The molecule has 15 heavy (non-hydrogen) atoms. The predicted molar refractivity (Wildman–Crippen MR) is 54.7 cm³/mol. The van der Waals surface area contributed by atoms with Crippen molar-refractivity contribution < 1.29 is 14.6 Å². The first-order chi connectivity index (χ1) is 6.97. The summed E-state index contributed by atoms with van der Waals surface area (Å²) in [7, 11) is 2.93. The molecule has 1 aromatic rings. The first-order valence-electron chi connectivity index (χ1n) is 4.41. The molecule has 1 aromatic heterocycles. The molecule has 1 rings (SSSR count). The predicted octanol–water partition coefficient (Wildman–Crippen LogP) is 0.458. The molecule has 1 unspecified atom stereocenters. The summed E-state index contributed by atoms with van der Waals surface area (Å²) in [5, 5.41) is 14.0. The van der Waals surface area contributed by atoms with E-state index in [1.807, 2.05) is 0 Å². The number of halogens is 1. The number of ether oxygens (including phenoxy) is 1. The van der Waals surface area contributed by atoms with E-state index in [0.717, 1.165) is 0 Å². The van der Waals surface area contributed by atoms with Gasteiger partial charge >= 0.3 is 5.97 Å². The lowest BCUT2D eigenvalue weighted by molar-refractivity contribution is -0.150. The lowest BCUT2D eigenvalue weighted by atomic mass is 10.2. The van der Waals surface area contributed by atoms with Gasteiger partial charge < -0.3 is 9.84 Å². The summed E-state index contributed by atoms with van der Waals surface area (Å²) in [5.74, 6) is -0.676. The van der Waals surface area contributed by atoms with E-state index in [0.29, 0.717) is 16.4 Å². The Morgan fingerprint density at radius 2 is 2.33 bits per heavy atom. The summed E-state index contributed by atoms with van der Waals surface area (Å²) < 4.78 is 5.95. The normalized spacial score (nSPS) is 12.6. The van der Waals surface area contributed by atoms with Gasteiger partial charge in [0.1, 0.15) is 0 Å². The van der Waals surface area contributed by atoms with Gasteiger partial charge in [0.2, 0.25) is 0 Å². The Labute approximate surface area is 92.6 Å². The monoisotopic (exact) mass is 232 g/mol. The van der Waals surface area contributed by atoms with E-state index in [2.05, 4.69) is 9.84 Å². The van der Waals surface area contributed by atoms with Gasteiger partial charge in [-0.3, -0.25) is 4.68 Å². The molecule has 1 N–H and O–H groups in total. The Bertz CT molecular complexity index is 376. The first-order valence-corrected chi connectivity index (χ1v) is 4.79. The van der Waals surface area contributed by atoms with Crippen molar-refractivity contribution >= 4 is 17.6 Å². The van der Waals surface area contributed by atoms with E-state index in [9.17, 15) is 9.90 Å². The fourth-order valence-corrected chi connectivity index (χ4v) is 1.54. The molecular formula is C9H13ClN2O3. The van der Waals surface area contributed by atoms with Crippen LogP contribution in [0.5, 0.6) is 0 Å². The van der Waals surface area contributed by atoms with E-state index in [1.165, 1.54) is 7.11 Å². The van der Waals surface area contributed by atoms with E-state index in [-0.39, 0.29) is 6.42 Å². The van der Waals surface area contributed by atoms with Crippen molar-refractivity contribution in [1.29, 1.82) is 0 Å². The number of aromatic nitrogens is 2. The van der Waals surface area contributed by atoms with Crippen molar-refractivity contribution in [2.45, 2.75) is 19.4 Å². The van der Waals surface area contributed by atoms with Crippen molar-refractivity contribution in [1.82, 2.24) is 9.78 Å². The molecule has 0 saturated carbocycles. The standard InChI is InChI=1S/C9H13ClN2O3/c1-5-8(10)6(12(2)11-5)4-7(13)9(14)15-3/h7,13H,4H2,1-3H3. The highest BCUT2D eigenvalue weighted by Gasteiger charge is 2.21. The Hall–Kier alpha value is -1.07. The molecule has 84 valence electrons. The van der Waals surface area contributed by atoms with Gasteiger partial charge in [-0.2, -0.15) is 5.10 Å². The number of nitrogens with zero attached hydrogens (tertiary/aromatic N) is 2. The number of aliphatic hydroxyl groups is 1. The van der Waals surface area contributed by atoms with Gasteiger partial charge in [0, 0.05) is 13.5 Å². The van der Waals surface area contributed by atoms with Crippen molar-refractivity contribution in [2.24, 2.45) is 7.05 Å². The van der Waals surface area contributed by atoms with Crippen LogP contribution in [0, 0.1) is 6.92 Å². The molecule has 0 spiro atoms. The van der Waals surface area contributed by atoms with Crippen LogP contribution in [-0.2, 0) is 23.0 Å². The van der Waals surface area contributed by atoms with E-state index < -0.39 is 12.1 Å². The smallest absolute Gasteiger partial charge is 0.335 e. The zero-order valence-corrected chi connectivity index (χ0v) is 9.58. The molecule has 1 atom stereocenters. The number of aryl methyl sites for hydroxylation is 2. The molecule has 1 heterocycles. The maximum Gasteiger partial charge on any atom is 0.335 e. The fourth-order valence-electron chi connectivity index (χ4n) is 1.30. The van der Waals surface area contributed by atoms with Gasteiger partial charge in [-0.05, 0) is 6.92 Å². The summed E-state index contributed by atoms with van der Waals surface area (Å²) in [4.78, 5) is 11.0. The summed E-state index contributed by atoms with van der Waals surface area (Å²) in [6.45, 7) is 1.76. The molecule has 0 saturated heterocycles. The largest absolute Gasteiger partial charge is 0.467 e. The van der Waals surface area contributed by atoms with Gasteiger partial charge in [-0.15, -0.1) is 0 Å². The second-order valence-corrected chi connectivity index (χ2v) is 3.59. The van der Waals surface area contributed by atoms with Gasteiger partial charge in [0.25, 0.3) is 0 Å². The minimum Gasteiger partial charge on any atom is -0.467 e.